The van der Waals surface area contributed by atoms with Crippen LogP contribution in [0.15, 0.2) is 36.5 Å². The summed E-state index contributed by atoms with van der Waals surface area (Å²) in [7, 11) is 0. The van der Waals surface area contributed by atoms with Gasteiger partial charge in [0.05, 0.1) is 35.7 Å². The van der Waals surface area contributed by atoms with Crippen LogP contribution in [0.2, 0.25) is 0 Å². The minimum atomic E-state index is -2.97. The quantitative estimate of drug-likeness (QED) is 0.439. The van der Waals surface area contributed by atoms with Gasteiger partial charge in [-0.05, 0) is 38.5 Å². The molecule has 2 aromatic rings. The normalized spacial score (nSPS) is 18.1. The second kappa shape index (κ2) is 10.0. The number of amides is 1. The summed E-state index contributed by atoms with van der Waals surface area (Å²) >= 11 is 0. The first-order valence-corrected chi connectivity index (χ1v) is 10.1. The van der Waals surface area contributed by atoms with Crippen molar-refractivity contribution >= 4 is 17.3 Å². The van der Waals surface area contributed by atoms with Gasteiger partial charge in [0, 0.05) is 24.4 Å². The third-order valence-corrected chi connectivity index (χ3v) is 4.96. The number of anilines is 1. The minimum absolute atomic E-state index is 0.0177. The van der Waals surface area contributed by atoms with E-state index in [0.29, 0.717) is 24.3 Å². The lowest BCUT2D eigenvalue weighted by Gasteiger charge is -2.26. The number of rotatable bonds is 9. The summed E-state index contributed by atoms with van der Waals surface area (Å²) in [5.41, 5.74) is 0.431. The molecule has 0 bridgehead atoms. The van der Waals surface area contributed by atoms with E-state index in [4.69, 9.17) is 10.1 Å². The SMILES string of the molecule is CC(C)Nc1cc(C(=O)NC2(CO)CCOC2)cnc1C(=N)c1cccc(OC(F)F)c1. The standard InChI is InChI=1S/C22H26F2N4O4/c1-13(2)27-17-9-15(20(30)28-22(11-29)6-7-31-12-22)10-26-19(17)18(25)14-4-3-5-16(8-14)32-21(23)24/h3-5,8-10,13,21,25,27,29H,6-7,11-12H2,1-2H3,(H,28,30). The predicted octanol–water partition coefficient (Wildman–Crippen LogP) is 2.80. The van der Waals surface area contributed by atoms with E-state index in [0.717, 1.165) is 0 Å². The van der Waals surface area contributed by atoms with E-state index >= 15 is 0 Å². The molecule has 8 nitrogen and oxygen atoms in total. The molecule has 3 rings (SSSR count). The number of pyridine rings is 1. The zero-order valence-electron chi connectivity index (χ0n) is 17.8. The molecule has 32 heavy (non-hydrogen) atoms. The fourth-order valence-electron chi connectivity index (χ4n) is 3.36. The van der Waals surface area contributed by atoms with E-state index < -0.39 is 18.1 Å². The number of aliphatic hydroxyl groups is 1. The van der Waals surface area contributed by atoms with E-state index in [2.05, 4.69) is 20.4 Å². The Morgan fingerprint density at radius 2 is 2.12 bits per heavy atom. The third-order valence-electron chi connectivity index (χ3n) is 4.96. The summed E-state index contributed by atoms with van der Waals surface area (Å²) in [4.78, 5) is 17.1. The number of benzene rings is 1. The van der Waals surface area contributed by atoms with Crippen LogP contribution in [0.4, 0.5) is 14.5 Å². The van der Waals surface area contributed by atoms with Crippen molar-refractivity contribution in [3.8, 4) is 5.75 Å². The monoisotopic (exact) mass is 448 g/mol. The van der Waals surface area contributed by atoms with Gasteiger partial charge in [0.2, 0.25) is 0 Å². The fraction of sp³-hybridized carbons (Fsp3) is 0.409. The van der Waals surface area contributed by atoms with E-state index in [1.54, 1.807) is 12.1 Å². The first-order chi connectivity index (χ1) is 15.2. The lowest BCUT2D eigenvalue weighted by molar-refractivity contribution is -0.0498. The van der Waals surface area contributed by atoms with E-state index in [1.807, 2.05) is 13.8 Å². The van der Waals surface area contributed by atoms with E-state index in [1.165, 1.54) is 24.4 Å². The number of alkyl halides is 2. The van der Waals surface area contributed by atoms with Gasteiger partial charge < -0.3 is 25.2 Å². The Bertz CT molecular complexity index is 978. The molecule has 1 fully saturated rings. The van der Waals surface area contributed by atoms with Gasteiger partial charge in [0.15, 0.2) is 0 Å². The Morgan fingerprint density at radius 1 is 1.34 bits per heavy atom. The molecule has 2 heterocycles. The van der Waals surface area contributed by atoms with Gasteiger partial charge >= 0.3 is 6.61 Å². The first-order valence-electron chi connectivity index (χ1n) is 10.1. The summed E-state index contributed by atoms with van der Waals surface area (Å²) in [6.45, 7) is 1.24. The van der Waals surface area contributed by atoms with Gasteiger partial charge in [-0.2, -0.15) is 8.78 Å². The molecule has 1 aromatic heterocycles. The van der Waals surface area contributed by atoms with Gasteiger partial charge in [-0.15, -0.1) is 0 Å². The molecule has 1 amide bonds. The molecular formula is C22H26F2N4O4. The number of halogens is 2. The Morgan fingerprint density at radius 3 is 2.75 bits per heavy atom. The Hall–Kier alpha value is -3.11. The molecule has 0 aliphatic carbocycles. The fourth-order valence-corrected chi connectivity index (χ4v) is 3.36. The molecule has 1 aliphatic heterocycles. The maximum absolute atomic E-state index is 12.8. The molecule has 0 radical (unpaired) electrons. The molecule has 4 N–H and O–H groups in total. The second-order valence-electron chi connectivity index (χ2n) is 7.90. The zero-order valence-corrected chi connectivity index (χ0v) is 17.8. The maximum atomic E-state index is 12.8. The number of nitrogens with zero attached hydrogens (tertiary/aromatic N) is 1. The van der Waals surface area contributed by atoms with Crippen molar-refractivity contribution in [1.29, 1.82) is 5.41 Å². The lowest BCUT2D eigenvalue weighted by Crippen LogP contribution is -2.52. The number of carbonyl (C=O) groups is 1. The average Bonchev–Trinajstić information content (AvgIpc) is 3.21. The molecule has 1 saturated heterocycles. The van der Waals surface area contributed by atoms with Crippen LogP contribution in [-0.4, -0.2) is 59.7 Å². The van der Waals surface area contributed by atoms with Crippen LogP contribution in [0.25, 0.3) is 0 Å². The molecular weight excluding hydrogens is 422 g/mol. The smallest absolute Gasteiger partial charge is 0.387 e. The molecule has 1 unspecified atom stereocenters. The number of nitrogens with one attached hydrogen (secondary N) is 3. The van der Waals surface area contributed by atoms with Crippen LogP contribution in [0.1, 0.15) is 41.9 Å². The van der Waals surface area contributed by atoms with Crippen molar-refractivity contribution < 1.29 is 28.2 Å². The van der Waals surface area contributed by atoms with Crippen molar-refractivity contribution in [3.05, 3.63) is 53.3 Å². The molecule has 1 atom stereocenters. The Kier molecular flexibility index (Phi) is 7.37. The summed E-state index contributed by atoms with van der Waals surface area (Å²) in [5, 5.41) is 24.3. The van der Waals surface area contributed by atoms with Gasteiger partial charge in [-0.3, -0.25) is 15.2 Å². The molecule has 1 aromatic carbocycles. The number of hydrogen-bond acceptors (Lipinski definition) is 7. The number of aromatic nitrogens is 1. The third kappa shape index (κ3) is 5.57. The number of carbonyl (C=O) groups excluding carboxylic acids is 1. The highest BCUT2D eigenvalue weighted by Gasteiger charge is 2.36. The van der Waals surface area contributed by atoms with Crippen LogP contribution in [0.5, 0.6) is 5.75 Å². The Labute approximate surface area is 184 Å². The van der Waals surface area contributed by atoms with E-state index in [9.17, 15) is 18.7 Å². The molecule has 1 aliphatic rings. The van der Waals surface area contributed by atoms with Crippen LogP contribution in [0.3, 0.4) is 0 Å². The van der Waals surface area contributed by atoms with Crippen molar-refractivity contribution in [1.82, 2.24) is 10.3 Å². The van der Waals surface area contributed by atoms with Crippen molar-refractivity contribution in [3.63, 3.8) is 0 Å². The highest BCUT2D eigenvalue weighted by Crippen LogP contribution is 2.24. The Balaban J connectivity index is 1.90. The van der Waals surface area contributed by atoms with Gasteiger partial charge in [-0.1, -0.05) is 12.1 Å². The highest BCUT2D eigenvalue weighted by molar-refractivity contribution is 6.13. The first kappa shape index (κ1) is 23.6. The summed E-state index contributed by atoms with van der Waals surface area (Å²) < 4.78 is 34.8. The van der Waals surface area contributed by atoms with Gasteiger partial charge in [0.1, 0.15) is 11.4 Å². The van der Waals surface area contributed by atoms with Crippen LogP contribution < -0.4 is 15.4 Å². The van der Waals surface area contributed by atoms with Crippen LogP contribution in [0, 0.1) is 5.41 Å². The molecule has 0 saturated carbocycles. The van der Waals surface area contributed by atoms with Gasteiger partial charge in [0.25, 0.3) is 5.91 Å². The molecule has 0 spiro atoms. The lowest BCUT2D eigenvalue weighted by atomic mass is 9.99. The minimum Gasteiger partial charge on any atom is -0.435 e. The topological polar surface area (TPSA) is 117 Å². The number of hydrogen-bond donors (Lipinski definition) is 4. The summed E-state index contributed by atoms with van der Waals surface area (Å²) in [6.07, 6.45) is 1.84. The summed E-state index contributed by atoms with van der Waals surface area (Å²) in [6, 6.07) is 7.36. The maximum Gasteiger partial charge on any atom is 0.387 e. The highest BCUT2D eigenvalue weighted by atomic mass is 19.3. The number of aliphatic hydroxyl groups excluding tert-OH is 1. The van der Waals surface area contributed by atoms with Crippen molar-refractivity contribution in [2.75, 3.05) is 25.1 Å². The van der Waals surface area contributed by atoms with E-state index in [-0.39, 0.29) is 42.0 Å². The van der Waals surface area contributed by atoms with Crippen molar-refractivity contribution in [2.45, 2.75) is 38.5 Å². The van der Waals surface area contributed by atoms with Crippen molar-refractivity contribution in [2.24, 2.45) is 0 Å². The molecule has 10 heteroatoms. The zero-order chi connectivity index (χ0) is 23.3. The van der Waals surface area contributed by atoms with Gasteiger partial charge in [-0.25, -0.2) is 0 Å². The second-order valence-corrected chi connectivity index (χ2v) is 7.90. The van der Waals surface area contributed by atoms with Crippen LogP contribution in [-0.2, 0) is 4.74 Å². The average molecular weight is 448 g/mol. The predicted molar refractivity (Wildman–Crippen MR) is 115 cm³/mol. The summed E-state index contributed by atoms with van der Waals surface area (Å²) in [5.74, 6) is -0.487. The molecule has 172 valence electrons. The number of ether oxygens (including phenoxy) is 2. The largest absolute Gasteiger partial charge is 0.435 e. The van der Waals surface area contributed by atoms with Crippen LogP contribution >= 0.6 is 0 Å².